The molecule has 5 heteroatoms. The Hall–Kier alpha value is -1.62. The average Bonchev–Trinajstić information content (AvgIpc) is 2.98. The fourth-order valence-electron chi connectivity index (χ4n) is 1.74. The normalized spacial score (nSPS) is 17.6. The third-order valence-electron chi connectivity index (χ3n) is 3.16. The molecule has 0 saturated heterocycles. The van der Waals surface area contributed by atoms with Crippen molar-refractivity contribution in [3.8, 4) is 0 Å². The number of anilines is 1. The van der Waals surface area contributed by atoms with Crippen LogP contribution >= 0.6 is 0 Å². The highest BCUT2D eigenvalue weighted by atomic mass is 16.3. The van der Waals surface area contributed by atoms with Crippen LogP contribution in [0.2, 0.25) is 0 Å². The number of nitrogens with zero attached hydrogens (tertiary/aromatic N) is 3. The summed E-state index contributed by atoms with van der Waals surface area (Å²) in [7, 11) is 0. The van der Waals surface area contributed by atoms with E-state index in [2.05, 4.69) is 15.4 Å². The van der Waals surface area contributed by atoms with E-state index in [1.807, 2.05) is 24.4 Å². The third-order valence-corrected chi connectivity index (χ3v) is 3.16. The van der Waals surface area contributed by atoms with Crippen molar-refractivity contribution in [3.05, 3.63) is 24.4 Å². The Kier molecular flexibility index (Phi) is 2.07. The van der Waals surface area contributed by atoms with Crippen LogP contribution in [0.3, 0.4) is 0 Å². The summed E-state index contributed by atoms with van der Waals surface area (Å²) >= 11 is 0. The Morgan fingerprint density at radius 3 is 3.00 bits per heavy atom. The van der Waals surface area contributed by atoms with Gasteiger partial charge in [0.05, 0.1) is 6.61 Å². The topological polar surface area (TPSA) is 62.5 Å². The predicted molar refractivity (Wildman–Crippen MR) is 60.2 cm³/mol. The number of aliphatic hydroxyl groups excluding tert-OH is 1. The van der Waals surface area contributed by atoms with Crippen LogP contribution in [0.15, 0.2) is 24.4 Å². The summed E-state index contributed by atoms with van der Waals surface area (Å²) in [5, 5.41) is 16.7. The van der Waals surface area contributed by atoms with Gasteiger partial charge in [-0.3, -0.25) is 0 Å². The van der Waals surface area contributed by atoms with Crippen molar-refractivity contribution in [2.24, 2.45) is 5.41 Å². The van der Waals surface area contributed by atoms with E-state index in [0.29, 0.717) is 5.95 Å². The zero-order chi connectivity index (χ0) is 11.0. The van der Waals surface area contributed by atoms with E-state index in [-0.39, 0.29) is 12.0 Å². The van der Waals surface area contributed by atoms with Gasteiger partial charge in [-0.1, -0.05) is 6.07 Å². The molecule has 5 nitrogen and oxygen atoms in total. The molecule has 0 radical (unpaired) electrons. The quantitative estimate of drug-likeness (QED) is 0.800. The van der Waals surface area contributed by atoms with Gasteiger partial charge >= 0.3 is 0 Å². The van der Waals surface area contributed by atoms with Gasteiger partial charge < -0.3 is 10.4 Å². The minimum atomic E-state index is 0.0808. The minimum Gasteiger partial charge on any atom is -0.396 e. The molecule has 1 saturated carbocycles. The first-order valence-electron chi connectivity index (χ1n) is 5.48. The number of pyridine rings is 1. The molecule has 0 amide bonds. The van der Waals surface area contributed by atoms with Crippen LogP contribution in [-0.4, -0.2) is 32.9 Å². The first kappa shape index (κ1) is 9.59. The maximum absolute atomic E-state index is 9.19. The van der Waals surface area contributed by atoms with Crippen molar-refractivity contribution < 1.29 is 5.11 Å². The van der Waals surface area contributed by atoms with E-state index in [1.54, 1.807) is 4.52 Å². The summed E-state index contributed by atoms with van der Waals surface area (Å²) in [4.78, 5) is 4.34. The molecule has 3 rings (SSSR count). The Bertz CT molecular complexity index is 470. The maximum Gasteiger partial charge on any atom is 0.243 e. The van der Waals surface area contributed by atoms with E-state index in [0.717, 1.165) is 25.0 Å². The van der Waals surface area contributed by atoms with Gasteiger partial charge in [0.25, 0.3) is 0 Å². The van der Waals surface area contributed by atoms with Crippen molar-refractivity contribution in [1.29, 1.82) is 0 Å². The first-order chi connectivity index (χ1) is 7.81. The number of hydrogen-bond acceptors (Lipinski definition) is 4. The van der Waals surface area contributed by atoms with Crippen molar-refractivity contribution in [3.63, 3.8) is 0 Å². The molecule has 0 aliphatic heterocycles. The molecule has 2 aromatic heterocycles. The largest absolute Gasteiger partial charge is 0.396 e. The molecule has 1 aliphatic carbocycles. The smallest absolute Gasteiger partial charge is 0.243 e. The van der Waals surface area contributed by atoms with E-state index in [1.165, 1.54) is 0 Å². The molecule has 2 heterocycles. The van der Waals surface area contributed by atoms with Crippen molar-refractivity contribution >= 4 is 11.6 Å². The van der Waals surface area contributed by atoms with Crippen LogP contribution in [0.25, 0.3) is 5.65 Å². The number of rotatable bonds is 4. The second kappa shape index (κ2) is 3.45. The summed E-state index contributed by atoms with van der Waals surface area (Å²) in [6, 6.07) is 5.77. The van der Waals surface area contributed by atoms with Gasteiger partial charge in [0.15, 0.2) is 5.65 Å². The lowest BCUT2D eigenvalue weighted by Gasteiger charge is -2.10. The van der Waals surface area contributed by atoms with Gasteiger partial charge in [-0.15, -0.1) is 5.10 Å². The molecule has 0 aromatic carbocycles. The van der Waals surface area contributed by atoms with Gasteiger partial charge in [-0.2, -0.15) is 4.98 Å². The van der Waals surface area contributed by atoms with Gasteiger partial charge in [0, 0.05) is 18.2 Å². The third kappa shape index (κ3) is 1.63. The molecule has 84 valence electrons. The number of hydrogen-bond donors (Lipinski definition) is 2. The molecule has 0 atom stereocenters. The molecule has 2 aromatic rings. The summed E-state index contributed by atoms with van der Waals surface area (Å²) in [6.45, 7) is 0.994. The molecule has 16 heavy (non-hydrogen) atoms. The zero-order valence-corrected chi connectivity index (χ0v) is 8.93. The monoisotopic (exact) mass is 218 g/mol. The summed E-state index contributed by atoms with van der Waals surface area (Å²) in [6.07, 6.45) is 4.04. The van der Waals surface area contributed by atoms with Gasteiger partial charge in [-0.05, 0) is 25.0 Å². The second-order valence-corrected chi connectivity index (χ2v) is 4.45. The molecule has 2 N–H and O–H groups in total. The van der Waals surface area contributed by atoms with Gasteiger partial charge in [-0.25, -0.2) is 4.52 Å². The predicted octanol–water partition coefficient (Wildman–Crippen LogP) is 0.914. The molecule has 1 aliphatic rings. The standard InChI is InChI=1S/C11H14N4O/c16-8-11(4-5-11)7-12-10-13-9-3-1-2-6-15(9)14-10/h1-3,6,16H,4-5,7-8H2,(H,12,14). The highest BCUT2D eigenvalue weighted by Crippen LogP contribution is 2.44. The van der Waals surface area contributed by atoms with Crippen molar-refractivity contribution in [2.45, 2.75) is 12.8 Å². The SMILES string of the molecule is OCC1(CNc2nc3ccccn3n2)CC1. The highest BCUT2D eigenvalue weighted by Gasteiger charge is 2.41. The number of aliphatic hydroxyl groups is 1. The van der Waals surface area contributed by atoms with Crippen LogP contribution in [0.1, 0.15) is 12.8 Å². The summed E-state index contributed by atoms with van der Waals surface area (Å²) in [5.41, 5.74) is 0.913. The number of fused-ring (bicyclic) bond motifs is 1. The van der Waals surface area contributed by atoms with Crippen LogP contribution in [0.4, 0.5) is 5.95 Å². The Balaban J connectivity index is 1.74. The highest BCUT2D eigenvalue weighted by molar-refractivity contribution is 5.42. The van der Waals surface area contributed by atoms with Crippen molar-refractivity contribution in [2.75, 3.05) is 18.5 Å². The summed E-state index contributed by atoms with van der Waals surface area (Å²) in [5.74, 6) is 0.630. The molecule has 0 spiro atoms. The second-order valence-electron chi connectivity index (χ2n) is 4.45. The number of aromatic nitrogens is 3. The van der Waals surface area contributed by atoms with Crippen molar-refractivity contribution in [1.82, 2.24) is 14.6 Å². The van der Waals surface area contributed by atoms with E-state index < -0.39 is 0 Å². The van der Waals surface area contributed by atoms with Crippen LogP contribution in [-0.2, 0) is 0 Å². The van der Waals surface area contributed by atoms with E-state index in [9.17, 15) is 5.11 Å². The molecule has 0 bridgehead atoms. The van der Waals surface area contributed by atoms with Crippen LogP contribution in [0, 0.1) is 5.41 Å². The Morgan fingerprint density at radius 1 is 1.44 bits per heavy atom. The van der Waals surface area contributed by atoms with Gasteiger partial charge in [0.2, 0.25) is 5.95 Å². The molecular formula is C11H14N4O. The molecule has 0 unspecified atom stereocenters. The molecular weight excluding hydrogens is 204 g/mol. The fourth-order valence-corrected chi connectivity index (χ4v) is 1.74. The minimum absolute atomic E-state index is 0.0808. The lowest BCUT2D eigenvalue weighted by Crippen LogP contribution is -2.19. The lowest BCUT2D eigenvalue weighted by molar-refractivity contribution is 0.219. The first-order valence-corrected chi connectivity index (χ1v) is 5.48. The van der Waals surface area contributed by atoms with E-state index >= 15 is 0 Å². The maximum atomic E-state index is 9.19. The average molecular weight is 218 g/mol. The lowest BCUT2D eigenvalue weighted by atomic mass is 10.1. The fraction of sp³-hybridized carbons (Fsp3) is 0.455. The zero-order valence-electron chi connectivity index (χ0n) is 8.93. The number of nitrogens with one attached hydrogen (secondary N) is 1. The van der Waals surface area contributed by atoms with E-state index in [4.69, 9.17) is 0 Å². The Morgan fingerprint density at radius 2 is 2.31 bits per heavy atom. The van der Waals surface area contributed by atoms with Crippen LogP contribution in [0.5, 0.6) is 0 Å². The summed E-state index contributed by atoms with van der Waals surface area (Å²) < 4.78 is 1.74. The van der Waals surface area contributed by atoms with Gasteiger partial charge in [0.1, 0.15) is 0 Å². The van der Waals surface area contributed by atoms with Crippen LogP contribution < -0.4 is 5.32 Å². The Labute approximate surface area is 93.1 Å². The molecule has 1 fully saturated rings.